The molecule has 96 valence electrons. The molecular weight excluding hydrogens is 210 g/mol. The maximum Gasteiger partial charge on any atom is 0.121 e. The van der Waals surface area contributed by atoms with Gasteiger partial charge in [-0.1, -0.05) is 38.7 Å². The van der Waals surface area contributed by atoms with Crippen LogP contribution in [0.2, 0.25) is 0 Å². The molecule has 0 aliphatic heterocycles. The van der Waals surface area contributed by atoms with Crippen LogP contribution in [-0.2, 0) is 0 Å². The quantitative estimate of drug-likeness (QED) is 0.638. The third-order valence-corrected chi connectivity index (χ3v) is 2.73. The zero-order chi connectivity index (χ0) is 12.3. The molecule has 0 saturated heterocycles. The number of rotatable bonds is 9. The van der Waals surface area contributed by atoms with E-state index in [0.29, 0.717) is 0 Å². The molecule has 1 aromatic carbocycles. The highest BCUT2D eigenvalue weighted by Gasteiger charge is 1.96. The van der Waals surface area contributed by atoms with E-state index in [2.05, 4.69) is 31.3 Å². The summed E-state index contributed by atoms with van der Waals surface area (Å²) in [5.41, 5.74) is 1.14. The lowest BCUT2D eigenvalue weighted by atomic mass is 10.2. The van der Waals surface area contributed by atoms with Gasteiger partial charge in [0.05, 0.1) is 6.61 Å². The fraction of sp³-hybridized carbons (Fsp3) is 0.600. The lowest BCUT2D eigenvalue weighted by molar-refractivity contribution is 0.304. The minimum Gasteiger partial charge on any atom is -0.494 e. The molecule has 2 heteroatoms. The van der Waals surface area contributed by atoms with Gasteiger partial charge >= 0.3 is 0 Å². The van der Waals surface area contributed by atoms with Gasteiger partial charge in [-0.2, -0.15) is 0 Å². The highest BCUT2D eigenvalue weighted by Crippen LogP contribution is 2.17. The van der Waals surface area contributed by atoms with Crippen molar-refractivity contribution in [1.82, 2.24) is 0 Å². The van der Waals surface area contributed by atoms with Gasteiger partial charge in [0.1, 0.15) is 5.75 Å². The van der Waals surface area contributed by atoms with Crippen molar-refractivity contribution in [2.24, 2.45) is 0 Å². The molecule has 1 aromatic rings. The summed E-state index contributed by atoms with van der Waals surface area (Å²) in [6.07, 6.45) is 6.41. The highest BCUT2D eigenvalue weighted by molar-refractivity contribution is 5.47. The molecule has 0 atom stereocenters. The van der Waals surface area contributed by atoms with Crippen molar-refractivity contribution in [3.05, 3.63) is 24.3 Å². The van der Waals surface area contributed by atoms with Crippen LogP contribution in [0.3, 0.4) is 0 Å². The maximum atomic E-state index is 5.73. The Morgan fingerprint density at radius 2 is 1.88 bits per heavy atom. The van der Waals surface area contributed by atoms with Crippen molar-refractivity contribution < 1.29 is 4.74 Å². The summed E-state index contributed by atoms with van der Waals surface area (Å²) in [7, 11) is 0. The number of ether oxygens (including phenoxy) is 1. The van der Waals surface area contributed by atoms with E-state index in [1.165, 1.54) is 25.7 Å². The number of nitrogens with one attached hydrogen (secondary N) is 1. The van der Waals surface area contributed by atoms with E-state index in [1.54, 1.807) is 0 Å². The Balaban J connectivity index is 2.19. The highest BCUT2D eigenvalue weighted by atomic mass is 16.5. The first-order valence-corrected chi connectivity index (χ1v) is 6.83. The minimum absolute atomic E-state index is 0.833. The Morgan fingerprint density at radius 3 is 2.65 bits per heavy atom. The molecule has 17 heavy (non-hydrogen) atoms. The number of benzene rings is 1. The SMILES string of the molecule is CCCCCCCOc1cccc(NCC)c1. The van der Waals surface area contributed by atoms with Gasteiger partial charge < -0.3 is 10.1 Å². The Labute approximate surface area is 105 Å². The summed E-state index contributed by atoms with van der Waals surface area (Å²) in [5, 5.41) is 3.29. The first-order valence-electron chi connectivity index (χ1n) is 6.83. The molecule has 0 radical (unpaired) electrons. The van der Waals surface area contributed by atoms with Crippen LogP contribution in [0.4, 0.5) is 5.69 Å². The zero-order valence-corrected chi connectivity index (χ0v) is 11.2. The Morgan fingerprint density at radius 1 is 1.06 bits per heavy atom. The summed E-state index contributed by atoms with van der Waals surface area (Å²) in [4.78, 5) is 0. The summed E-state index contributed by atoms with van der Waals surface area (Å²) in [6.45, 7) is 6.11. The van der Waals surface area contributed by atoms with Gasteiger partial charge in [-0.05, 0) is 25.5 Å². The lowest BCUT2D eigenvalue weighted by Crippen LogP contribution is -1.99. The number of hydrogen-bond acceptors (Lipinski definition) is 2. The van der Waals surface area contributed by atoms with Gasteiger partial charge in [-0.3, -0.25) is 0 Å². The van der Waals surface area contributed by atoms with Crippen LogP contribution >= 0.6 is 0 Å². The Hall–Kier alpha value is -1.18. The van der Waals surface area contributed by atoms with Crippen LogP contribution in [0.1, 0.15) is 46.0 Å². The van der Waals surface area contributed by atoms with Crippen molar-refractivity contribution in [2.45, 2.75) is 46.0 Å². The molecule has 0 saturated carbocycles. The lowest BCUT2D eigenvalue weighted by Gasteiger charge is -2.08. The van der Waals surface area contributed by atoms with Crippen molar-refractivity contribution in [2.75, 3.05) is 18.5 Å². The molecule has 0 fully saturated rings. The van der Waals surface area contributed by atoms with Gasteiger partial charge in [-0.25, -0.2) is 0 Å². The van der Waals surface area contributed by atoms with Crippen molar-refractivity contribution in [1.29, 1.82) is 0 Å². The van der Waals surface area contributed by atoms with E-state index >= 15 is 0 Å². The second kappa shape index (κ2) is 8.91. The van der Waals surface area contributed by atoms with Gasteiger partial charge in [0, 0.05) is 18.3 Å². The molecular formula is C15H25NO. The predicted molar refractivity (Wildman–Crippen MR) is 74.9 cm³/mol. The monoisotopic (exact) mass is 235 g/mol. The maximum absolute atomic E-state index is 5.73. The van der Waals surface area contributed by atoms with Gasteiger partial charge in [0.15, 0.2) is 0 Å². The smallest absolute Gasteiger partial charge is 0.121 e. The molecule has 1 rings (SSSR count). The molecule has 0 amide bonds. The van der Waals surface area contributed by atoms with Gasteiger partial charge in [-0.15, -0.1) is 0 Å². The molecule has 0 unspecified atom stereocenters. The fourth-order valence-electron chi connectivity index (χ4n) is 1.80. The van der Waals surface area contributed by atoms with E-state index in [1.807, 2.05) is 12.1 Å². The van der Waals surface area contributed by atoms with E-state index in [0.717, 1.165) is 31.0 Å². The van der Waals surface area contributed by atoms with Crippen LogP contribution in [0.15, 0.2) is 24.3 Å². The van der Waals surface area contributed by atoms with Crippen LogP contribution in [0, 0.1) is 0 Å². The third-order valence-electron chi connectivity index (χ3n) is 2.73. The molecule has 0 aliphatic carbocycles. The molecule has 0 spiro atoms. The zero-order valence-electron chi connectivity index (χ0n) is 11.2. The van der Waals surface area contributed by atoms with Crippen LogP contribution in [0.25, 0.3) is 0 Å². The minimum atomic E-state index is 0.833. The van der Waals surface area contributed by atoms with Crippen LogP contribution < -0.4 is 10.1 Å². The average molecular weight is 235 g/mol. The predicted octanol–water partition coefficient (Wildman–Crippen LogP) is 4.47. The first kappa shape index (κ1) is 13.9. The van der Waals surface area contributed by atoms with Crippen molar-refractivity contribution in [3.8, 4) is 5.75 Å². The summed E-state index contributed by atoms with van der Waals surface area (Å²) in [6, 6.07) is 8.18. The standard InChI is InChI=1S/C15H25NO/c1-3-5-6-7-8-12-17-15-11-9-10-14(13-15)16-4-2/h9-11,13,16H,3-8,12H2,1-2H3. The van der Waals surface area contributed by atoms with E-state index in [9.17, 15) is 0 Å². The molecule has 1 N–H and O–H groups in total. The number of unbranched alkanes of at least 4 members (excludes halogenated alkanes) is 4. The number of anilines is 1. The number of hydrogen-bond donors (Lipinski definition) is 1. The first-order chi connectivity index (χ1) is 8.36. The average Bonchev–Trinajstić information content (AvgIpc) is 2.35. The van der Waals surface area contributed by atoms with E-state index in [-0.39, 0.29) is 0 Å². The van der Waals surface area contributed by atoms with Crippen molar-refractivity contribution in [3.63, 3.8) is 0 Å². The van der Waals surface area contributed by atoms with Gasteiger partial charge in [0.25, 0.3) is 0 Å². The largest absolute Gasteiger partial charge is 0.494 e. The molecule has 0 aromatic heterocycles. The molecule has 0 heterocycles. The van der Waals surface area contributed by atoms with Crippen LogP contribution in [-0.4, -0.2) is 13.2 Å². The molecule has 0 aliphatic rings. The van der Waals surface area contributed by atoms with Crippen molar-refractivity contribution >= 4 is 5.69 Å². The van der Waals surface area contributed by atoms with Crippen LogP contribution in [0.5, 0.6) is 5.75 Å². The summed E-state index contributed by atoms with van der Waals surface area (Å²) < 4.78 is 5.73. The van der Waals surface area contributed by atoms with E-state index < -0.39 is 0 Å². The van der Waals surface area contributed by atoms with Gasteiger partial charge in [0.2, 0.25) is 0 Å². The second-order valence-electron chi connectivity index (χ2n) is 4.32. The Kier molecular flexibility index (Phi) is 7.28. The molecule has 2 nitrogen and oxygen atoms in total. The third kappa shape index (κ3) is 6.20. The molecule has 0 bridgehead atoms. The summed E-state index contributed by atoms with van der Waals surface area (Å²) in [5.74, 6) is 0.971. The van der Waals surface area contributed by atoms with E-state index in [4.69, 9.17) is 4.74 Å². The fourth-order valence-corrected chi connectivity index (χ4v) is 1.80. The second-order valence-corrected chi connectivity index (χ2v) is 4.32. The normalized spacial score (nSPS) is 10.2. The summed E-state index contributed by atoms with van der Waals surface area (Å²) >= 11 is 0. The Bertz CT molecular complexity index is 299. The topological polar surface area (TPSA) is 21.3 Å².